The van der Waals surface area contributed by atoms with Crippen molar-refractivity contribution >= 4 is 33.3 Å². The summed E-state index contributed by atoms with van der Waals surface area (Å²) in [7, 11) is 0. The quantitative estimate of drug-likeness (QED) is 0.521. The number of piperazine rings is 1. The highest BCUT2D eigenvalue weighted by atomic mass is 15.2. The van der Waals surface area contributed by atoms with Crippen LogP contribution in [0.25, 0.3) is 33.3 Å². The first-order valence-corrected chi connectivity index (χ1v) is 8.88. The van der Waals surface area contributed by atoms with Crippen molar-refractivity contribution in [1.82, 2.24) is 20.3 Å². The fraction of sp³-hybridized carbons (Fsp3) is 0.200. The largest absolute Gasteiger partial charge is 0.398 e. The van der Waals surface area contributed by atoms with E-state index in [-0.39, 0.29) is 0 Å². The average molecular weight is 344 g/mol. The van der Waals surface area contributed by atoms with Crippen molar-refractivity contribution < 1.29 is 0 Å². The number of aromatic amines is 1. The molecule has 6 nitrogen and oxygen atoms in total. The number of rotatable bonds is 2. The summed E-state index contributed by atoms with van der Waals surface area (Å²) in [4.78, 5) is 15.1. The van der Waals surface area contributed by atoms with Crippen LogP contribution in [-0.2, 0) is 0 Å². The van der Waals surface area contributed by atoms with Gasteiger partial charge in [-0.3, -0.25) is 4.98 Å². The Morgan fingerprint density at radius 1 is 1.00 bits per heavy atom. The molecule has 26 heavy (non-hydrogen) atoms. The first kappa shape index (κ1) is 15.2. The van der Waals surface area contributed by atoms with Crippen molar-refractivity contribution in [2.24, 2.45) is 0 Å². The zero-order chi connectivity index (χ0) is 17.5. The summed E-state index contributed by atoms with van der Waals surface area (Å²) in [6, 6.07) is 14.3. The Morgan fingerprint density at radius 2 is 1.85 bits per heavy atom. The standard InChI is InChI=1S/C20H20N6/c21-19-14-3-1-2-4-16(14)23-12-15(19)20-24-17-6-5-13(11-18(17)25-20)26-9-7-22-8-10-26/h1-6,11-12,22H,7-10H2,(H2,21,23)(H,24,25). The molecule has 1 aliphatic rings. The van der Waals surface area contributed by atoms with Crippen LogP contribution in [0.1, 0.15) is 0 Å². The van der Waals surface area contributed by atoms with Crippen LogP contribution in [-0.4, -0.2) is 41.1 Å². The van der Waals surface area contributed by atoms with E-state index in [9.17, 15) is 0 Å². The molecular weight excluding hydrogens is 324 g/mol. The molecule has 0 aliphatic carbocycles. The molecular formula is C20H20N6. The number of nitrogen functional groups attached to an aromatic ring is 1. The van der Waals surface area contributed by atoms with Crippen molar-refractivity contribution in [2.75, 3.05) is 36.8 Å². The molecule has 130 valence electrons. The smallest absolute Gasteiger partial charge is 0.142 e. The monoisotopic (exact) mass is 344 g/mol. The number of H-pyrrole nitrogens is 1. The SMILES string of the molecule is Nc1c(-c2nc3ccc(N4CCNCC4)cc3[nH]2)cnc2ccccc12. The van der Waals surface area contributed by atoms with Crippen molar-refractivity contribution in [3.63, 3.8) is 0 Å². The molecule has 0 atom stereocenters. The molecule has 0 saturated carbocycles. The minimum atomic E-state index is 0.706. The molecule has 3 heterocycles. The van der Waals surface area contributed by atoms with E-state index in [0.29, 0.717) is 5.69 Å². The summed E-state index contributed by atoms with van der Waals surface area (Å²) in [6.07, 6.45) is 1.80. The lowest BCUT2D eigenvalue weighted by Crippen LogP contribution is -2.43. The van der Waals surface area contributed by atoms with Gasteiger partial charge in [0.1, 0.15) is 5.82 Å². The second-order valence-corrected chi connectivity index (χ2v) is 6.63. The number of para-hydroxylation sites is 1. The molecule has 2 aromatic heterocycles. The van der Waals surface area contributed by atoms with Gasteiger partial charge in [0.25, 0.3) is 0 Å². The highest BCUT2D eigenvalue weighted by Crippen LogP contribution is 2.31. The average Bonchev–Trinajstić information content (AvgIpc) is 3.12. The summed E-state index contributed by atoms with van der Waals surface area (Å²) in [5, 5.41) is 4.34. The molecule has 2 aromatic carbocycles. The van der Waals surface area contributed by atoms with Gasteiger partial charge in [-0.05, 0) is 24.3 Å². The molecule has 0 unspecified atom stereocenters. The van der Waals surface area contributed by atoms with Crippen LogP contribution in [0.4, 0.5) is 11.4 Å². The lowest BCUT2D eigenvalue weighted by atomic mass is 10.1. The number of nitrogens with one attached hydrogen (secondary N) is 2. The summed E-state index contributed by atoms with van der Waals surface area (Å²) in [6.45, 7) is 4.08. The molecule has 0 amide bonds. The predicted octanol–water partition coefficient (Wildman–Crippen LogP) is 2.77. The first-order chi connectivity index (χ1) is 12.8. The van der Waals surface area contributed by atoms with Gasteiger partial charge >= 0.3 is 0 Å². The maximum atomic E-state index is 6.40. The lowest BCUT2D eigenvalue weighted by molar-refractivity contribution is 0.589. The van der Waals surface area contributed by atoms with Gasteiger partial charge in [-0.25, -0.2) is 4.98 Å². The van der Waals surface area contributed by atoms with Gasteiger partial charge in [-0.15, -0.1) is 0 Å². The van der Waals surface area contributed by atoms with Gasteiger partial charge in [0.15, 0.2) is 0 Å². The number of pyridine rings is 1. The second kappa shape index (κ2) is 6.00. The predicted molar refractivity (Wildman–Crippen MR) is 106 cm³/mol. The molecule has 1 aliphatic heterocycles. The fourth-order valence-corrected chi connectivity index (χ4v) is 3.60. The van der Waals surface area contributed by atoms with Crippen LogP contribution >= 0.6 is 0 Å². The number of nitrogens with zero attached hydrogens (tertiary/aromatic N) is 3. The van der Waals surface area contributed by atoms with Crippen molar-refractivity contribution in [1.29, 1.82) is 0 Å². The first-order valence-electron chi connectivity index (χ1n) is 8.88. The number of aromatic nitrogens is 3. The zero-order valence-electron chi connectivity index (χ0n) is 14.4. The van der Waals surface area contributed by atoms with Crippen molar-refractivity contribution in [3.8, 4) is 11.4 Å². The summed E-state index contributed by atoms with van der Waals surface area (Å²) >= 11 is 0. The Hall–Kier alpha value is -3.12. The van der Waals surface area contributed by atoms with E-state index in [2.05, 4.69) is 38.4 Å². The van der Waals surface area contributed by atoms with Gasteiger partial charge in [-0.2, -0.15) is 0 Å². The minimum absolute atomic E-state index is 0.706. The number of nitrogens with two attached hydrogens (primary N) is 1. The van der Waals surface area contributed by atoms with Gasteiger partial charge in [0, 0.05) is 43.4 Å². The van der Waals surface area contributed by atoms with Gasteiger partial charge in [-0.1, -0.05) is 18.2 Å². The van der Waals surface area contributed by atoms with E-state index in [1.54, 1.807) is 6.20 Å². The highest BCUT2D eigenvalue weighted by Gasteiger charge is 2.14. The summed E-state index contributed by atoms with van der Waals surface area (Å²) in [5.41, 5.74) is 12.0. The Labute approximate surface area is 151 Å². The molecule has 1 fully saturated rings. The van der Waals surface area contributed by atoms with E-state index in [0.717, 1.165) is 59.5 Å². The third-order valence-corrected chi connectivity index (χ3v) is 5.02. The van der Waals surface area contributed by atoms with Crippen LogP contribution in [0.15, 0.2) is 48.7 Å². The Balaban J connectivity index is 1.58. The molecule has 6 heteroatoms. The normalized spacial score (nSPS) is 15.0. The van der Waals surface area contributed by atoms with Crippen LogP contribution in [0.3, 0.4) is 0 Å². The van der Waals surface area contributed by atoms with Crippen molar-refractivity contribution in [2.45, 2.75) is 0 Å². The van der Waals surface area contributed by atoms with Crippen LogP contribution in [0.2, 0.25) is 0 Å². The van der Waals surface area contributed by atoms with Crippen molar-refractivity contribution in [3.05, 3.63) is 48.7 Å². The molecule has 5 rings (SSSR count). The maximum Gasteiger partial charge on any atom is 0.142 e. The Morgan fingerprint density at radius 3 is 2.73 bits per heavy atom. The third-order valence-electron chi connectivity index (χ3n) is 5.02. The minimum Gasteiger partial charge on any atom is -0.398 e. The summed E-state index contributed by atoms with van der Waals surface area (Å²) < 4.78 is 0. The van der Waals surface area contributed by atoms with Gasteiger partial charge < -0.3 is 20.9 Å². The van der Waals surface area contributed by atoms with E-state index < -0.39 is 0 Å². The number of fused-ring (bicyclic) bond motifs is 2. The van der Waals surface area contributed by atoms with E-state index in [1.807, 2.05) is 24.3 Å². The Kier molecular flexibility index (Phi) is 3.50. The number of benzene rings is 2. The second-order valence-electron chi connectivity index (χ2n) is 6.63. The number of hydrogen-bond donors (Lipinski definition) is 3. The fourth-order valence-electron chi connectivity index (χ4n) is 3.60. The topological polar surface area (TPSA) is 82.9 Å². The highest BCUT2D eigenvalue weighted by molar-refractivity contribution is 5.97. The van der Waals surface area contributed by atoms with Crippen LogP contribution in [0.5, 0.6) is 0 Å². The molecule has 0 spiro atoms. The lowest BCUT2D eigenvalue weighted by Gasteiger charge is -2.29. The van der Waals surface area contributed by atoms with E-state index >= 15 is 0 Å². The number of hydrogen-bond acceptors (Lipinski definition) is 5. The van der Waals surface area contributed by atoms with E-state index in [1.165, 1.54) is 5.69 Å². The molecule has 0 bridgehead atoms. The van der Waals surface area contributed by atoms with Gasteiger partial charge in [0.2, 0.25) is 0 Å². The third kappa shape index (κ3) is 2.46. The maximum absolute atomic E-state index is 6.40. The molecule has 1 saturated heterocycles. The molecule has 0 radical (unpaired) electrons. The molecule has 4 N–H and O–H groups in total. The number of imidazole rings is 1. The van der Waals surface area contributed by atoms with Gasteiger partial charge in [0.05, 0.1) is 27.8 Å². The van der Waals surface area contributed by atoms with Crippen LogP contribution < -0.4 is 16.0 Å². The molecule has 4 aromatic rings. The Bertz CT molecular complexity index is 1090. The summed E-state index contributed by atoms with van der Waals surface area (Å²) in [5.74, 6) is 0.758. The number of anilines is 2. The van der Waals surface area contributed by atoms with E-state index in [4.69, 9.17) is 10.7 Å². The zero-order valence-corrected chi connectivity index (χ0v) is 14.4. The van der Waals surface area contributed by atoms with Crippen LogP contribution in [0, 0.1) is 0 Å².